The van der Waals surface area contributed by atoms with Crippen LogP contribution in [-0.2, 0) is 11.3 Å². The average molecular weight is 346 g/mol. The topological polar surface area (TPSA) is 18.5 Å². The van der Waals surface area contributed by atoms with Crippen molar-refractivity contribution in [3.63, 3.8) is 0 Å². The molecule has 3 heteroatoms. The lowest BCUT2D eigenvalue weighted by Crippen LogP contribution is -2.20. The molecular weight excluding hydrogens is 327 g/mol. The maximum Gasteiger partial charge on any atom is 0.118 e. The molecule has 0 heterocycles. The van der Waals surface area contributed by atoms with E-state index in [2.05, 4.69) is 36.1 Å². The van der Waals surface area contributed by atoms with Crippen LogP contribution in [0.1, 0.15) is 12.5 Å². The monoisotopic (exact) mass is 346 g/mol. The van der Waals surface area contributed by atoms with Gasteiger partial charge in [-0.05, 0) is 23.6 Å². The number of halogens is 1. The van der Waals surface area contributed by atoms with Gasteiger partial charge < -0.3 is 9.47 Å². The smallest absolute Gasteiger partial charge is 0.118 e. The van der Waals surface area contributed by atoms with E-state index in [9.17, 15) is 0 Å². The van der Waals surface area contributed by atoms with Crippen LogP contribution in [0.2, 0.25) is 0 Å². The third-order valence-electron chi connectivity index (χ3n) is 2.64. The Bertz CT molecular complexity index is 335. The van der Waals surface area contributed by atoms with Gasteiger partial charge in [0, 0.05) is 4.43 Å². The Balaban J connectivity index is 2.50. The van der Waals surface area contributed by atoms with Crippen LogP contribution in [0.4, 0.5) is 0 Å². The van der Waals surface area contributed by atoms with Crippen molar-refractivity contribution in [1.82, 2.24) is 0 Å². The van der Waals surface area contributed by atoms with E-state index >= 15 is 0 Å². The summed E-state index contributed by atoms with van der Waals surface area (Å²) in [4.78, 5) is 0. The molecule has 0 saturated heterocycles. The van der Waals surface area contributed by atoms with Crippen molar-refractivity contribution >= 4 is 22.6 Å². The van der Waals surface area contributed by atoms with Gasteiger partial charge in [-0.25, -0.2) is 0 Å². The minimum Gasteiger partial charge on any atom is -0.497 e. The highest BCUT2D eigenvalue weighted by atomic mass is 127. The highest BCUT2D eigenvalue weighted by Gasteiger charge is 2.12. The van der Waals surface area contributed by atoms with Gasteiger partial charge in [-0.1, -0.05) is 47.7 Å². The predicted octanol–water partition coefficient (Wildman–Crippen LogP) is 3.84. The van der Waals surface area contributed by atoms with E-state index in [-0.39, 0.29) is 6.10 Å². The van der Waals surface area contributed by atoms with Crippen molar-refractivity contribution in [3.8, 4) is 5.75 Å². The zero-order valence-electron chi connectivity index (χ0n) is 10.4. The van der Waals surface area contributed by atoms with Crippen molar-refractivity contribution in [2.75, 3.05) is 11.5 Å². The molecule has 0 unspecified atom stereocenters. The summed E-state index contributed by atoms with van der Waals surface area (Å²) < 4.78 is 12.0. The summed E-state index contributed by atoms with van der Waals surface area (Å²) in [5, 5.41) is 0. The molecule has 1 aromatic rings. The summed E-state index contributed by atoms with van der Waals surface area (Å²) in [6, 6.07) is 7.94. The van der Waals surface area contributed by atoms with Crippen molar-refractivity contribution in [2.24, 2.45) is 5.92 Å². The summed E-state index contributed by atoms with van der Waals surface area (Å²) in [5.41, 5.74) is 1.15. The molecule has 2 nitrogen and oxygen atoms in total. The first-order valence-corrected chi connectivity index (χ1v) is 7.17. The molecule has 0 saturated carbocycles. The molecule has 1 rings (SSSR count). The molecule has 1 aromatic carbocycles. The number of hydrogen-bond acceptors (Lipinski definition) is 2. The number of rotatable bonds is 7. The Morgan fingerprint density at radius 1 is 1.35 bits per heavy atom. The summed E-state index contributed by atoms with van der Waals surface area (Å²) >= 11 is 2.37. The van der Waals surface area contributed by atoms with Gasteiger partial charge >= 0.3 is 0 Å². The maximum absolute atomic E-state index is 5.84. The highest BCUT2D eigenvalue weighted by molar-refractivity contribution is 14.1. The molecule has 0 radical (unpaired) electrons. The number of methoxy groups -OCH3 is 1. The van der Waals surface area contributed by atoms with Crippen LogP contribution < -0.4 is 4.74 Å². The average Bonchev–Trinajstić information content (AvgIpc) is 2.39. The van der Waals surface area contributed by atoms with Gasteiger partial charge in [0.1, 0.15) is 5.75 Å². The van der Waals surface area contributed by atoms with Crippen LogP contribution >= 0.6 is 22.6 Å². The lowest BCUT2D eigenvalue weighted by Gasteiger charge is -2.19. The zero-order chi connectivity index (χ0) is 12.7. The molecule has 0 aliphatic carbocycles. The van der Waals surface area contributed by atoms with Crippen molar-refractivity contribution < 1.29 is 9.47 Å². The second-order valence-electron chi connectivity index (χ2n) is 3.99. The third kappa shape index (κ3) is 4.68. The Morgan fingerprint density at radius 2 is 2.00 bits per heavy atom. The molecule has 0 aromatic heterocycles. The summed E-state index contributed by atoms with van der Waals surface area (Å²) in [6.45, 7) is 6.61. The molecule has 0 aliphatic rings. The first-order valence-electron chi connectivity index (χ1n) is 5.64. The van der Waals surface area contributed by atoms with Gasteiger partial charge in [0.25, 0.3) is 0 Å². The first-order chi connectivity index (χ1) is 8.21. The highest BCUT2D eigenvalue weighted by Crippen LogP contribution is 2.16. The number of ether oxygens (including phenoxy) is 2. The molecule has 0 amide bonds. The molecule has 94 valence electrons. The van der Waals surface area contributed by atoms with E-state index in [0.717, 1.165) is 15.7 Å². The van der Waals surface area contributed by atoms with Crippen molar-refractivity contribution in [2.45, 2.75) is 19.6 Å². The number of hydrogen-bond donors (Lipinski definition) is 0. The lowest BCUT2D eigenvalue weighted by atomic mass is 10.1. The summed E-state index contributed by atoms with van der Waals surface area (Å²) in [7, 11) is 1.67. The predicted molar refractivity (Wildman–Crippen MR) is 79.8 cm³/mol. The van der Waals surface area contributed by atoms with Crippen LogP contribution in [0.15, 0.2) is 36.9 Å². The number of alkyl halides is 1. The number of benzene rings is 1. The van der Waals surface area contributed by atoms with Crippen LogP contribution in [0.25, 0.3) is 0 Å². The van der Waals surface area contributed by atoms with Crippen LogP contribution in [-0.4, -0.2) is 17.6 Å². The largest absolute Gasteiger partial charge is 0.497 e. The van der Waals surface area contributed by atoms with E-state index in [4.69, 9.17) is 9.47 Å². The quantitative estimate of drug-likeness (QED) is 0.424. The Kier molecular flexibility index (Phi) is 6.58. The molecule has 0 spiro atoms. The second-order valence-corrected chi connectivity index (χ2v) is 4.87. The molecule has 0 fully saturated rings. The lowest BCUT2D eigenvalue weighted by molar-refractivity contribution is 0.0451. The summed E-state index contributed by atoms with van der Waals surface area (Å²) in [6.07, 6.45) is 2.00. The van der Waals surface area contributed by atoms with Crippen LogP contribution in [0.5, 0.6) is 5.75 Å². The second kappa shape index (κ2) is 7.71. The molecular formula is C14H19IO2. The van der Waals surface area contributed by atoms with Gasteiger partial charge in [0.05, 0.1) is 19.8 Å². The van der Waals surface area contributed by atoms with Gasteiger partial charge in [-0.2, -0.15) is 0 Å². The maximum atomic E-state index is 5.84. The molecule has 0 N–H and O–H groups in total. The SMILES string of the molecule is C=C[C@@H](OCc1ccc(OC)cc1)[C@@H](C)CI. The van der Waals surface area contributed by atoms with Gasteiger partial charge in [-0.3, -0.25) is 0 Å². The van der Waals surface area contributed by atoms with Crippen LogP contribution in [0.3, 0.4) is 0 Å². The van der Waals surface area contributed by atoms with Gasteiger partial charge in [0.2, 0.25) is 0 Å². The third-order valence-corrected chi connectivity index (χ3v) is 4.03. The minimum absolute atomic E-state index is 0.119. The fraction of sp³-hybridized carbons (Fsp3) is 0.429. The van der Waals surface area contributed by atoms with Crippen molar-refractivity contribution in [3.05, 3.63) is 42.5 Å². The van der Waals surface area contributed by atoms with E-state index in [0.29, 0.717) is 12.5 Å². The first kappa shape index (κ1) is 14.5. The molecule has 0 aliphatic heterocycles. The Morgan fingerprint density at radius 3 is 2.47 bits per heavy atom. The normalized spacial score (nSPS) is 14.1. The Hall–Kier alpha value is -0.550. The fourth-order valence-electron chi connectivity index (χ4n) is 1.47. The van der Waals surface area contributed by atoms with E-state index in [1.165, 1.54) is 0 Å². The van der Waals surface area contributed by atoms with E-state index in [1.54, 1.807) is 7.11 Å². The molecule has 2 atom stereocenters. The van der Waals surface area contributed by atoms with Gasteiger partial charge in [-0.15, -0.1) is 6.58 Å². The van der Waals surface area contributed by atoms with Gasteiger partial charge in [0.15, 0.2) is 0 Å². The standard InChI is InChI=1S/C14H19IO2/c1-4-14(11(2)9-15)17-10-12-5-7-13(16-3)8-6-12/h4-8,11,14H,1,9-10H2,2-3H3/t11-,14+/m0/s1. The van der Waals surface area contributed by atoms with Crippen molar-refractivity contribution in [1.29, 1.82) is 0 Å². The minimum atomic E-state index is 0.119. The fourth-order valence-corrected chi connectivity index (χ4v) is 1.97. The van der Waals surface area contributed by atoms with Crippen LogP contribution in [0, 0.1) is 5.92 Å². The molecule has 0 bridgehead atoms. The summed E-state index contributed by atoms with van der Waals surface area (Å²) in [5.74, 6) is 1.36. The van der Waals surface area contributed by atoms with E-state index in [1.807, 2.05) is 30.3 Å². The molecule has 17 heavy (non-hydrogen) atoms. The van der Waals surface area contributed by atoms with E-state index < -0.39 is 0 Å². The zero-order valence-corrected chi connectivity index (χ0v) is 12.5. The Labute approximate surface area is 117 Å².